The second-order valence-corrected chi connectivity index (χ2v) is 5.72. The highest BCUT2D eigenvalue weighted by molar-refractivity contribution is 9.10. The summed E-state index contributed by atoms with van der Waals surface area (Å²) in [7, 11) is 0. The molecule has 0 aromatic carbocycles. The lowest BCUT2D eigenvalue weighted by Gasteiger charge is -2.28. The Morgan fingerprint density at radius 1 is 1.53 bits per heavy atom. The molecule has 3 N–H and O–H groups in total. The minimum Gasteiger partial charge on any atom is -0.392 e. The summed E-state index contributed by atoms with van der Waals surface area (Å²) in [6, 6.07) is 1.80. The number of pyridine rings is 1. The lowest BCUT2D eigenvalue weighted by molar-refractivity contribution is -0.122. The second-order valence-electron chi connectivity index (χ2n) is 4.43. The number of nitrogens with one attached hydrogen (secondary N) is 1. The van der Waals surface area contributed by atoms with E-state index in [1.165, 1.54) is 0 Å². The Balaban J connectivity index is 3.00. The number of nitrogens with zero attached hydrogens (tertiary/aromatic N) is 1. The quantitative estimate of drug-likeness (QED) is 0.805. The Labute approximate surface area is 127 Å². The Morgan fingerprint density at radius 3 is 2.53 bits per heavy atom. The van der Waals surface area contributed by atoms with E-state index in [9.17, 15) is 4.79 Å². The van der Waals surface area contributed by atoms with Crippen molar-refractivity contribution < 1.29 is 4.79 Å². The van der Waals surface area contributed by atoms with Gasteiger partial charge < -0.3 is 11.1 Å². The average molecular weight is 344 g/mol. The van der Waals surface area contributed by atoms with Crippen LogP contribution in [0.5, 0.6) is 0 Å². The predicted octanol–water partition coefficient (Wildman–Crippen LogP) is 3.18. The van der Waals surface area contributed by atoms with Gasteiger partial charge in [-0.15, -0.1) is 0 Å². The molecular weight excluding hydrogens is 326 g/mol. The first kappa shape index (κ1) is 16.0. The number of aryl methyl sites for hydroxylation is 1. The second kappa shape index (κ2) is 6.43. The van der Waals surface area contributed by atoms with E-state index in [2.05, 4.69) is 26.2 Å². The molecule has 1 amide bonds. The van der Waals surface area contributed by atoms with Gasteiger partial charge in [-0.1, -0.05) is 26.1 Å². The molecule has 0 saturated heterocycles. The fourth-order valence-corrected chi connectivity index (χ4v) is 2.47. The van der Waals surface area contributed by atoms with Crippen molar-refractivity contribution >= 4 is 44.9 Å². The molecule has 0 saturated carbocycles. The Bertz CT molecular complexity index is 501. The van der Waals surface area contributed by atoms with Gasteiger partial charge in [-0.25, -0.2) is 4.98 Å². The smallest absolute Gasteiger partial charge is 0.238 e. The normalized spacial score (nSPS) is 11.2. The van der Waals surface area contributed by atoms with Crippen LogP contribution in [0.3, 0.4) is 0 Å². The van der Waals surface area contributed by atoms with Gasteiger partial charge in [-0.2, -0.15) is 0 Å². The molecule has 6 heteroatoms. The SMILES string of the molecule is CCC(CC)(C(=O)Nc1cc(C)c(Br)cn1)C(N)=S. The van der Waals surface area contributed by atoms with Crippen molar-refractivity contribution in [2.75, 3.05) is 5.32 Å². The Hall–Kier alpha value is -1.01. The number of amides is 1. The molecule has 0 bridgehead atoms. The van der Waals surface area contributed by atoms with Crippen LogP contribution in [0.15, 0.2) is 16.7 Å². The lowest BCUT2D eigenvalue weighted by atomic mass is 9.81. The van der Waals surface area contributed by atoms with Crippen LogP contribution >= 0.6 is 28.1 Å². The number of thiocarbonyl (C=S) groups is 1. The van der Waals surface area contributed by atoms with E-state index in [1.54, 1.807) is 12.3 Å². The number of hydrogen-bond donors (Lipinski definition) is 2. The van der Waals surface area contributed by atoms with Crippen LogP contribution in [0, 0.1) is 12.3 Å². The molecule has 19 heavy (non-hydrogen) atoms. The molecule has 1 aromatic rings. The zero-order valence-electron chi connectivity index (χ0n) is 11.3. The van der Waals surface area contributed by atoms with Crippen LogP contribution < -0.4 is 11.1 Å². The molecule has 4 nitrogen and oxygen atoms in total. The van der Waals surface area contributed by atoms with E-state index in [0.717, 1.165) is 10.0 Å². The predicted molar refractivity (Wildman–Crippen MR) is 85.1 cm³/mol. The molecule has 1 aromatic heterocycles. The van der Waals surface area contributed by atoms with Gasteiger partial charge in [-0.3, -0.25) is 4.79 Å². The maximum atomic E-state index is 12.4. The van der Waals surface area contributed by atoms with Crippen LogP contribution in [-0.4, -0.2) is 15.9 Å². The Morgan fingerprint density at radius 2 is 2.11 bits per heavy atom. The molecule has 0 aliphatic carbocycles. The average Bonchev–Trinajstić information content (AvgIpc) is 2.35. The maximum absolute atomic E-state index is 12.4. The molecule has 104 valence electrons. The van der Waals surface area contributed by atoms with Crippen molar-refractivity contribution in [2.45, 2.75) is 33.6 Å². The largest absolute Gasteiger partial charge is 0.392 e. The van der Waals surface area contributed by atoms with Crippen LogP contribution in [0.2, 0.25) is 0 Å². The van der Waals surface area contributed by atoms with Gasteiger partial charge in [0.15, 0.2) is 0 Å². The van der Waals surface area contributed by atoms with E-state index in [1.807, 2.05) is 20.8 Å². The monoisotopic (exact) mass is 343 g/mol. The van der Waals surface area contributed by atoms with Gasteiger partial charge in [0, 0.05) is 10.7 Å². The van der Waals surface area contributed by atoms with Crippen molar-refractivity contribution in [3.05, 3.63) is 22.3 Å². The Kier molecular flexibility index (Phi) is 5.43. The van der Waals surface area contributed by atoms with Crippen molar-refractivity contribution in [1.82, 2.24) is 4.98 Å². The highest BCUT2D eigenvalue weighted by atomic mass is 79.9. The summed E-state index contributed by atoms with van der Waals surface area (Å²) in [6.07, 6.45) is 2.80. The third-order valence-electron chi connectivity index (χ3n) is 3.40. The summed E-state index contributed by atoms with van der Waals surface area (Å²) in [5.74, 6) is 0.312. The lowest BCUT2D eigenvalue weighted by Crippen LogP contribution is -2.45. The molecule has 0 aliphatic rings. The summed E-state index contributed by atoms with van der Waals surface area (Å²) < 4.78 is 0.900. The van der Waals surface area contributed by atoms with Crippen molar-refractivity contribution in [2.24, 2.45) is 11.1 Å². The number of nitrogens with two attached hydrogens (primary N) is 1. The number of aromatic nitrogens is 1. The first-order valence-electron chi connectivity index (χ1n) is 6.11. The first-order chi connectivity index (χ1) is 8.87. The zero-order chi connectivity index (χ0) is 14.6. The van der Waals surface area contributed by atoms with Gasteiger partial charge in [0.05, 0.1) is 10.4 Å². The fourth-order valence-electron chi connectivity index (χ4n) is 1.88. The number of carbonyl (C=O) groups excluding carboxylic acids is 1. The standard InChI is InChI=1S/C13H18BrN3OS/c1-4-13(5-2,11(15)19)12(18)17-10-6-8(3)9(14)7-16-10/h6-7H,4-5H2,1-3H3,(H2,15,19)(H,16,17,18). The number of rotatable bonds is 5. The molecule has 0 atom stereocenters. The number of hydrogen-bond acceptors (Lipinski definition) is 3. The summed E-state index contributed by atoms with van der Waals surface area (Å²) in [5, 5.41) is 2.80. The molecule has 1 rings (SSSR count). The highest BCUT2D eigenvalue weighted by Crippen LogP contribution is 2.29. The summed E-state index contributed by atoms with van der Waals surface area (Å²) in [6.45, 7) is 5.74. The van der Waals surface area contributed by atoms with Crippen LogP contribution in [-0.2, 0) is 4.79 Å². The number of anilines is 1. The third kappa shape index (κ3) is 3.30. The maximum Gasteiger partial charge on any atom is 0.238 e. The van der Waals surface area contributed by atoms with E-state index in [0.29, 0.717) is 18.7 Å². The molecule has 0 unspecified atom stereocenters. The summed E-state index contributed by atoms with van der Waals surface area (Å²) in [4.78, 5) is 16.8. The van der Waals surface area contributed by atoms with E-state index >= 15 is 0 Å². The van der Waals surface area contributed by atoms with Crippen molar-refractivity contribution in [3.63, 3.8) is 0 Å². The van der Waals surface area contributed by atoms with E-state index < -0.39 is 5.41 Å². The van der Waals surface area contributed by atoms with Crippen LogP contribution in [0.1, 0.15) is 32.3 Å². The first-order valence-corrected chi connectivity index (χ1v) is 7.31. The van der Waals surface area contributed by atoms with Crippen molar-refractivity contribution in [1.29, 1.82) is 0 Å². The van der Waals surface area contributed by atoms with Gasteiger partial charge in [-0.05, 0) is 47.3 Å². The molecule has 0 radical (unpaired) electrons. The number of carbonyl (C=O) groups is 1. The fraction of sp³-hybridized carbons (Fsp3) is 0.462. The highest BCUT2D eigenvalue weighted by Gasteiger charge is 2.38. The third-order valence-corrected chi connectivity index (χ3v) is 4.62. The molecule has 0 aliphatic heterocycles. The van der Waals surface area contributed by atoms with Gasteiger partial charge in [0.2, 0.25) is 5.91 Å². The van der Waals surface area contributed by atoms with Crippen LogP contribution in [0.4, 0.5) is 5.82 Å². The van der Waals surface area contributed by atoms with Crippen molar-refractivity contribution in [3.8, 4) is 0 Å². The molecule has 0 fully saturated rings. The van der Waals surface area contributed by atoms with Crippen LogP contribution in [0.25, 0.3) is 0 Å². The topological polar surface area (TPSA) is 68.0 Å². The number of halogens is 1. The minimum absolute atomic E-state index is 0.195. The molecule has 0 spiro atoms. The van der Waals surface area contributed by atoms with E-state index in [-0.39, 0.29) is 10.9 Å². The van der Waals surface area contributed by atoms with E-state index in [4.69, 9.17) is 18.0 Å². The summed E-state index contributed by atoms with van der Waals surface area (Å²) in [5.41, 5.74) is 5.94. The van der Waals surface area contributed by atoms with Gasteiger partial charge >= 0.3 is 0 Å². The van der Waals surface area contributed by atoms with Gasteiger partial charge in [0.25, 0.3) is 0 Å². The van der Waals surface area contributed by atoms with Gasteiger partial charge in [0.1, 0.15) is 5.82 Å². The minimum atomic E-state index is -0.808. The summed E-state index contributed by atoms with van der Waals surface area (Å²) >= 11 is 8.43. The molecular formula is C13H18BrN3OS. The zero-order valence-corrected chi connectivity index (χ0v) is 13.7. The molecule has 1 heterocycles.